The lowest BCUT2D eigenvalue weighted by Crippen LogP contribution is -2.54. The first kappa shape index (κ1) is 11.6. The van der Waals surface area contributed by atoms with Gasteiger partial charge in [0, 0.05) is 23.7 Å². The standard InChI is InChI=1S/C12H19N3OS/c1-15-8-2-3-9(15)7-12(16,6-8)10(13)11-14-4-5-17-11/h4-5,8-10,16H,2-3,6-7,13H2,1H3. The summed E-state index contributed by atoms with van der Waals surface area (Å²) < 4.78 is 0. The molecule has 3 N–H and O–H groups in total. The monoisotopic (exact) mass is 253 g/mol. The number of nitrogens with two attached hydrogens (primary N) is 1. The second-order valence-corrected chi connectivity index (χ2v) is 6.34. The van der Waals surface area contributed by atoms with E-state index in [9.17, 15) is 5.11 Å². The van der Waals surface area contributed by atoms with Crippen LogP contribution in [0.1, 0.15) is 36.7 Å². The summed E-state index contributed by atoms with van der Waals surface area (Å²) in [6.07, 6.45) is 5.69. The van der Waals surface area contributed by atoms with Crippen molar-refractivity contribution in [2.75, 3.05) is 7.05 Å². The molecule has 3 heterocycles. The highest BCUT2D eigenvalue weighted by Crippen LogP contribution is 2.44. The van der Waals surface area contributed by atoms with Gasteiger partial charge >= 0.3 is 0 Å². The van der Waals surface area contributed by atoms with Crippen LogP contribution in [0.3, 0.4) is 0 Å². The minimum absolute atomic E-state index is 0.334. The third kappa shape index (κ3) is 1.81. The fraction of sp³-hybridized carbons (Fsp3) is 0.750. The number of aliphatic hydroxyl groups is 1. The van der Waals surface area contributed by atoms with Crippen LogP contribution < -0.4 is 5.73 Å². The first-order chi connectivity index (χ1) is 8.10. The maximum absolute atomic E-state index is 10.8. The zero-order chi connectivity index (χ0) is 12.0. The van der Waals surface area contributed by atoms with Gasteiger partial charge in [-0.1, -0.05) is 0 Å². The molecule has 0 amide bonds. The first-order valence-corrected chi connectivity index (χ1v) is 7.07. The minimum Gasteiger partial charge on any atom is -0.388 e. The molecular formula is C12H19N3OS. The summed E-state index contributed by atoms with van der Waals surface area (Å²) in [7, 11) is 2.16. The molecule has 5 heteroatoms. The molecule has 3 rings (SSSR count). The van der Waals surface area contributed by atoms with E-state index in [2.05, 4.69) is 16.9 Å². The molecule has 2 aliphatic heterocycles. The van der Waals surface area contributed by atoms with Gasteiger partial charge in [-0.05, 0) is 32.7 Å². The third-order valence-electron chi connectivity index (χ3n) is 4.46. The Morgan fingerprint density at radius 2 is 2.18 bits per heavy atom. The Labute approximate surface area is 105 Å². The van der Waals surface area contributed by atoms with Crippen molar-refractivity contribution in [3.05, 3.63) is 16.6 Å². The number of aromatic nitrogens is 1. The van der Waals surface area contributed by atoms with Gasteiger partial charge in [-0.3, -0.25) is 0 Å². The molecule has 2 aliphatic rings. The van der Waals surface area contributed by atoms with Crippen molar-refractivity contribution in [3.8, 4) is 0 Å². The smallest absolute Gasteiger partial charge is 0.112 e. The van der Waals surface area contributed by atoms with Gasteiger partial charge in [0.25, 0.3) is 0 Å². The zero-order valence-electron chi connectivity index (χ0n) is 10.0. The molecule has 17 heavy (non-hydrogen) atoms. The van der Waals surface area contributed by atoms with Gasteiger partial charge in [-0.2, -0.15) is 0 Å². The normalized spacial score (nSPS) is 39.5. The van der Waals surface area contributed by atoms with E-state index in [1.165, 1.54) is 24.2 Å². The average molecular weight is 253 g/mol. The average Bonchev–Trinajstić information content (AvgIpc) is 2.88. The van der Waals surface area contributed by atoms with Crippen LogP contribution in [0.2, 0.25) is 0 Å². The van der Waals surface area contributed by atoms with Crippen LogP contribution >= 0.6 is 11.3 Å². The summed E-state index contributed by atoms with van der Waals surface area (Å²) in [5, 5.41) is 13.6. The summed E-state index contributed by atoms with van der Waals surface area (Å²) >= 11 is 1.54. The molecule has 2 saturated heterocycles. The number of nitrogens with zero attached hydrogens (tertiary/aromatic N) is 2. The van der Waals surface area contributed by atoms with Crippen LogP contribution in [0, 0.1) is 0 Å². The first-order valence-electron chi connectivity index (χ1n) is 6.19. The second-order valence-electron chi connectivity index (χ2n) is 5.41. The summed E-state index contributed by atoms with van der Waals surface area (Å²) in [6.45, 7) is 0. The molecule has 2 bridgehead atoms. The fourth-order valence-corrected chi connectivity index (χ4v) is 4.10. The number of hydrogen-bond acceptors (Lipinski definition) is 5. The zero-order valence-corrected chi connectivity index (χ0v) is 10.9. The SMILES string of the molecule is CN1C2CCC1CC(O)(C(N)c1nccs1)C2. The van der Waals surface area contributed by atoms with Crippen LogP contribution in [0.25, 0.3) is 0 Å². The molecule has 1 aromatic heterocycles. The van der Waals surface area contributed by atoms with Crippen LogP contribution in [-0.4, -0.2) is 39.7 Å². The predicted molar refractivity (Wildman–Crippen MR) is 67.8 cm³/mol. The Morgan fingerprint density at radius 3 is 2.71 bits per heavy atom. The van der Waals surface area contributed by atoms with Crippen molar-refractivity contribution >= 4 is 11.3 Å². The molecule has 0 spiro atoms. The Kier molecular flexibility index (Phi) is 2.74. The maximum atomic E-state index is 10.8. The number of rotatable bonds is 2. The van der Waals surface area contributed by atoms with Crippen molar-refractivity contribution in [2.24, 2.45) is 5.73 Å². The Hall–Kier alpha value is -0.490. The lowest BCUT2D eigenvalue weighted by Gasteiger charge is -2.44. The molecule has 1 aromatic rings. The fourth-order valence-electron chi connectivity index (χ4n) is 3.35. The van der Waals surface area contributed by atoms with E-state index in [0.29, 0.717) is 12.1 Å². The molecular weight excluding hydrogens is 234 g/mol. The van der Waals surface area contributed by atoms with E-state index in [4.69, 9.17) is 5.73 Å². The molecule has 0 aromatic carbocycles. The van der Waals surface area contributed by atoms with Crippen molar-refractivity contribution in [1.82, 2.24) is 9.88 Å². The van der Waals surface area contributed by atoms with Crippen LogP contribution in [0.15, 0.2) is 11.6 Å². The number of piperidine rings is 1. The number of hydrogen-bond donors (Lipinski definition) is 2. The van der Waals surface area contributed by atoms with Crippen LogP contribution in [0.5, 0.6) is 0 Å². The number of thiazole rings is 1. The molecule has 4 nitrogen and oxygen atoms in total. The molecule has 0 aliphatic carbocycles. The highest BCUT2D eigenvalue weighted by molar-refractivity contribution is 7.09. The Bertz CT molecular complexity index is 380. The van der Waals surface area contributed by atoms with Crippen molar-refractivity contribution in [2.45, 2.75) is 49.4 Å². The van der Waals surface area contributed by atoms with Crippen LogP contribution in [-0.2, 0) is 0 Å². The van der Waals surface area contributed by atoms with Gasteiger partial charge in [0.05, 0.1) is 11.6 Å². The summed E-state index contributed by atoms with van der Waals surface area (Å²) in [6, 6.07) is 0.647. The van der Waals surface area contributed by atoms with E-state index < -0.39 is 5.60 Å². The van der Waals surface area contributed by atoms with Gasteiger partial charge in [-0.25, -0.2) is 4.98 Å². The van der Waals surface area contributed by atoms with E-state index in [0.717, 1.165) is 17.8 Å². The molecule has 3 unspecified atom stereocenters. The molecule has 94 valence electrons. The topological polar surface area (TPSA) is 62.4 Å². The summed E-state index contributed by atoms with van der Waals surface area (Å²) in [5.41, 5.74) is 5.46. The van der Waals surface area contributed by atoms with E-state index in [1.54, 1.807) is 6.20 Å². The molecule has 3 atom stereocenters. The third-order valence-corrected chi connectivity index (χ3v) is 5.32. The van der Waals surface area contributed by atoms with E-state index in [1.807, 2.05) is 5.38 Å². The van der Waals surface area contributed by atoms with Crippen molar-refractivity contribution < 1.29 is 5.11 Å². The Morgan fingerprint density at radius 1 is 1.53 bits per heavy atom. The van der Waals surface area contributed by atoms with E-state index >= 15 is 0 Å². The summed E-state index contributed by atoms with van der Waals surface area (Å²) in [5.74, 6) is 0. The molecule has 0 radical (unpaired) electrons. The predicted octanol–water partition coefficient (Wildman–Crippen LogP) is 1.13. The van der Waals surface area contributed by atoms with Crippen molar-refractivity contribution in [1.29, 1.82) is 0 Å². The largest absolute Gasteiger partial charge is 0.388 e. The van der Waals surface area contributed by atoms with Gasteiger partial charge in [-0.15, -0.1) is 11.3 Å². The number of fused-ring (bicyclic) bond motifs is 2. The molecule has 0 saturated carbocycles. The van der Waals surface area contributed by atoms with Gasteiger partial charge in [0.1, 0.15) is 5.01 Å². The quantitative estimate of drug-likeness (QED) is 0.829. The highest BCUT2D eigenvalue weighted by atomic mass is 32.1. The lowest BCUT2D eigenvalue weighted by molar-refractivity contribution is -0.0629. The summed E-state index contributed by atoms with van der Waals surface area (Å²) in [4.78, 5) is 6.65. The van der Waals surface area contributed by atoms with Crippen LogP contribution in [0.4, 0.5) is 0 Å². The highest BCUT2D eigenvalue weighted by Gasteiger charge is 2.49. The van der Waals surface area contributed by atoms with Gasteiger partial charge in [0.2, 0.25) is 0 Å². The lowest BCUT2D eigenvalue weighted by atomic mass is 9.81. The maximum Gasteiger partial charge on any atom is 0.112 e. The van der Waals surface area contributed by atoms with Crippen molar-refractivity contribution in [3.63, 3.8) is 0 Å². The Balaban J connectivity index is 1.83. The second kappa shape index (κ2) is 4.02. The minimum atomic E-state index is -0.768. The van der Waals surface area contributed by atoms with Gasteiger partial charge < -0.3 is 15.7 Å². The van der Waals surface area contributed by atoms with Gasteiger partial charge in [0.15, 0.2) is 0 Å². The van der Waals surface area contributed by atoms with E-state index in [-0.39, 0.29) is 6.04 Å². The molecule has 2 fully saturated rings.